The zero-order valence-corrected chi connectivity index (χ0v) is 11.2. The smallest absolute Gasteiger partial charge is 0.0752 e. The minimum absolute atomic E-state index is 0.126. The van der Waals surface area contributed by atoms with E-state index in [0.717, 1.165) is 28.0 Å². The maximum absolute atomic E-state index is 6.27. The summed E-state index contributed by atoms with van der Waals surface area (Å²) in [6.07, 6.45) is 0.824. The van der Waals surface area contributed by atoms with E-state index in [2.05, 4.69) is 24.0 Å². The second kappa shape index (κ2) is 4.63. The summed E-state index contributed by atoms with van der Waals surface area (Å²) in [4.78, 5) is 4.59. The molecule has 0 fully saturated rings. The first-order chi connectivity index (χ1) is 7.97. The summed E-state index contributed by atoms with van der Waals surface area (Å²) in [5.41, 5.74) is 10.2. The molecule has 0 saturated heterocycles. The third-order valence-corrected chi connectivity index (χ3v) is 3.07. The Kier molecular flexibility index (Phi) is 3.36. The van der Waals surface area contributed by atoms with Gasteiger partial charge in [-0.25, -0.2) is 0 Å². The molecule has 2 N–H and O–H groups in total. The molecule has 0 radical (unpaired) electrons. The van der Waals surface area contributed by atoms with Gasteiger partial charge in [0.05, 0.1) is 10.5 Å². The summed E-state index contributed by atoms with van der Waals surface area (Å²) >= 11 is 6.27. The molecule has 0 aliphatic rings. The molecule has 90 valence electrons. The minimum atomic E-state index is 0.126. The zero-order valence-electron chi connectivity index (χ0n) is 10.4. The van der Waals surface area contributed by atoms with Crippen LogP contribution < -0.4 is 5.73 Å². The molecule has 1 heterocycles. The summed E-state index contributed by atoms with van der Waals surface area (Å²) in [6, 6.07) is 6.25. The zero-order chi connectivity index (χ0) is 12.6. The summed E-state index contributed by atoms with van der Waals surface area (Å²) in [5.74, 6) is 0. The number of hydrogen-bond donors (Lipinski definition) is 1. The normalized spacial score (nSPS) is 13.0. The van der Waals surface area contributed by atoms with Crippen molar-refractivity contribution in [1.82, 2.24) is 4.98 Å². The van der Waals surface area contributed by atoms with Crippen molar-refractivity contribution in [3.63, 3.8) is 0 Å². The van der Waals surface area contributed by atoms with Crippen LogP contribution in [0.5, 0.6) is 0 Å². The van der Waals surface area contributed by atoms with Gasteiger partial charge in [-0.15, -0.1) is 0 Å². The Balaban J connectivity index is 2.73. The van der Waals surface area contributed by atoms with Gasteiger partial charge in [0.1, 0.15) is 0 Å². The Bertz CT molecular complexity index is 562. The van der Waals surface area contributed by atoms with Crippen LogP contribution in [0.15, 0.2) is 18.2 Å². The van der Waals surface area contributed by atoms with Gasteiger partial charge in [0.2, 0.25) is 0 Å². The number of rotatable bonds is 2. The van der Waals surface area contributed by atoms with Crippen LogP contribution in [0.1, 0.15) is 23.7 Å². The summed E-state index contributed by atoms with van der Waals surface area (Å²) in [7, 11) is 0. The highest BCUT2D eigenvalue weighted by atomic mass is 35.5. The average Bonchev–Trinajstić information content (AvgIpc) is 2.19. The van der Waals surface area contributed by atoms with Crippen LogP contribution in [0.25, 0.3) is 10.9 Å². The number of fused-ring (bicyclic) bond motifs is 1. The Hall–Kier alpha value is -1.12. The Morgan fingerprint density at radius 1 is 1.29 bits per heavy atom. The number of benzene rings is 1. The maximum Gasteiger partial charge on any atom is 0.0752 e. The first kappa shape index (κ1) is 12.3. The number of halogens is 1. The van der Waals surface area contributed by atoms with Gasteiger partial charge in [0.25, 0.3) is 0 Å². The van der Waals surface area contributed by atoms with Crippen molar-refractivity contribution >= 4 is 22.5 Å². The quantitative estimate of drug-likeness (QED) is 0.885. The second-order valence-electron chi connectivity index (χ2n) is 4.75. The van der Waals surface area contributed by atoms with Gasteiger partial charge in [0.15, 0.2) is 0 Å². The fourth-order valence-electron chi connectivity index (χ4n) is 2.14. The second-order valence-corrected chi connectivity index (χ2v) is 5.15. The van der Waals surface area contributed by atoms with E-state index in [4.69, 9.17) is 17.3 Å². The Morgan fingerprint density at radius 2 is 2.00 bits per heavy atom. The molecule has 17 heavy (non-hydrogen) atoms. The van der Waals surface area contributed by atoms with Crippen molar-refractivity contribution in [3.05, 3.63) is 40.0 Å². The number of pyridine rings is 1. The number of nitrogens with zero attached hydrogens (tertiary/aromatic N) is 1. The Morgan fingerprint density at radius 3 is 2.65 bits per heavy atom. The lowest BCUT2D eigenvalue weighted by atomic mass is 10.0. The monoisotopic (exact) mass is 248 g/mol. The molecule has 1 aromatic heterocycles. The highest BCUT2D eigenvalue weighted by molar-refractivity contribution is 6.35. The maximum atomic E-state index is 6.27. The fourth-order valence-corrected chi connectivity index (χ4v) is 2.44. The van der Waals surface area contributed by atoms with Crippen LogP contribution in [0.2, 0.25) is 5.02 Å². The molecular formula is C14H17ClN2. The third-order valence-electron chi connectivity index (χ3n) is 2.76. The van der Waals surface area contributed by atoms with Crippen LogP contribution in [0.4, 0.5) is 0 Å². The molecule has 0 spiro atoms. The molecule has 0 saturated carbocycles. The predicted molar refractivity (Wildman–Crippen MR) is 73.6 cm³/mol. The van der Waals surface area contributed by atoms with Gasteiger partial charge in [-0.05, 0) is 44.9 Å². The minimum Gasteiger partial charge on any atom is -0.328 e. The fraction of sp³-hybridized carbons (Fsp3) is 0.357. The van der Waals surface area contributed by atoms with Crippen LogP contribution in [0.3, 0.4) is 0 Å². The largest absolute Gasteiger partial charge is 0.328 e. The lowest BCUT2D eigenvalue weighted by molar-refractivity contribution is 0.740. The van der Waals surface area contributed by atoms with E-state index in [1.165, 1.54) is 11.1 Å². The van der Waals surface area contributed by atoms with Crippen molar-refractivity contribution in [3.8, 4) is 0 Å². The topological polar surface area (TPSA) is 38.9 Å². The van der Waals surface area contributed by atoms with E-state index in [1.807, 2.05) is 19.9 Å². The molecular weight excluding hydrogens is 232 g/mol. The van der Waals surface area contributed by atoms with E-state index in [1.54, 1.807) is 0 Å². The van der Waals surface area contributed by atoms with Crippen molar-refractivity contribution in [1.29, 1.82) is 0 Å². The third kappa shape index (κ3) is 2.59. The molecule has 1 unspecified atom stereocenters. The predicted octanol–water partition coefficient (Wildman–Crippen LogP) is 3.39. The van der Waals surface area contributed by atoms with Crippen molar-refractivity contribution in [2.24, 2.45) is 5.73 Å². The number of aryl methyl sites for hydroxylation is 2. The molecule has 2 rings (SSSR count). The molecule has 2 aromatic rings. The van der Waals surface area contributed by atoms with E-state index >= 15 is 0 Å². The molecule has 3 heteroatoms. The molecule has 1 atom stereocenters. The first-order valence-corrected chi connectivity index (χ1v) is 6.17. The van der Waals surface area contributed by atoms with Crippen LogP contribution in [-0.4, -0.2) is 11.0 Å². The lowest BCUT2D eigenvalue weighted by Gasteiger charge is -2.11. The molecule has 0 bridgehead atoms. The van der Waals surface area contributed by atoms with E-state index in [9.17, 15) is 0 Å². The summed E-state index contributed by atoms with van der Waals surface area (Å²) in [6.45, 7) is 6.03. The summed E-state index contributed by atoms with van der Waals surface area (Å²) < 4.78 is 0. The van der Waals surface area contributed by atoms with Gasteiger partial charge in [-0.3, -0.25) is 4.98 Å². The number of aromatic nitrogens is 1. The molecule has 0 amide bonds. The van der Waals surface area contributed by atoms with E-state index < -0.39 is 0 Å². The standard InChI is InChI=1S/C14H17ClN2/c1-8-4-11(6-9(2)16)14-12(5-8)13(15)7-10(3)17-14/h4-5,7,9H,6,16H2,1-3H3. The molecule has 0 aliphatic carbocycles. The van der Waals surface area contributed by atoms with Crippen molar-refractivity contribution < 1.29 is 0 Å². The molecule has 0 aliphatic heterocycles. The van der Waals surface area contributed by atoms with Gasteiger partial charge in [0, 0.05) is 17.1 Å². The average molecular weight is 249 g/mol. The number of nitrogens with two attached hydrogens (primary N) is 1. The van der Waals surface area contributed by atoms with Crippen LogP contribution in [0, 0.1) is 13.8 Å². The summed E-state index contributed by atoms with van der Waals surface area (Å²) in [5, 5.41) is 1.79. The highest BCUT2D eigenvalue weighted by Crippen LogP contribution is 2.27. The lowest BCUT2D eigenvalue weighted by Crippen LogP contribution is -2.18. The molecule has 1 aromatic carbocycles. The molecule has 2 nitrogen and oxygen atoms in total. The first-order valence-electron chi connectivity index (χ1n) is 5.79. The number of hydrogen-bond acceptors (Lipinski definition) is 2. The SMILES string of the molecule is Cc1cc(CC(C)N)c2nc(C)cc(Cl)c2c1. The van der Waals surface area contributed by atoms with E-state index in [0.29, 0.717) is 0 Å². The van der Waals surface area contributed by atoms with Crippen LogP contribution in [-0.2, 0) is 6.42 Å². The van der Waals surface area contributed by atoms with Crippen LogP contribution >= 0.6 is 11.6 Å². The van der Waals surface area contributed by atoms with Gasteiger partial charge in [-0.2, -0.15) is 0 Å². The van der Waals surface area contributed by atoms with Crippen molar-refractivity contribution in [2.45, 2.75) is 33.2 Å². The van der Waals surface area contributed by atoms with Crippen molar-refractivity contribution in [2.75, 3.05) is 0 Å². The van der Waals surface area contributed by atoms with Gasteiger partial charge < -0.3 is 5.73 Å². The highest BCUT2D eigenvalue weighted by Gasteiger charge is 2.09. The Labute approximate surface area is 107 Å². The van der Waals surface area contributed by atoms with Gasteiger partial charge in [-0.1, -0.05) is 23.2 Å². The van der Waals surface area contributed by atoms with E-state index in [-0.39, 0.29) is 6.04 Å². The van der Waals surface area contributed by atoms with Gasteiger partial charge >= 0.3 is 0 Å².